The number of ether oxygens (including phenoxy) is 1. The van der Waals surface area contributed by atoms with Crippen LogP contribution in [-0.4, -0.2) is 9.78 Å². The lowest BCUT2D eigenvalue weighted by Crippen LogP contribution is -2.01. The normalized spacial score (nSPS) is 11.1. The highest BCUT2D eigenvalue weighted by molar-refractivity contribution is 7.09. The van der Waals surface area contributed by atoms with Crippen molar-refractivity contribution in [3.8, 4) is 5.88 Å². The molecule has 2 aromatic rings. The predicted octanol–water partition coefficient (Wildman–Crippen LogP) is 2.77. The minimum absolute atomic E-state index is 0.306. The lowest BCUT2D eigenvalue weighted by Gasteiger charge is -2.05. The summed E-state index contributed by atoms with van der Waals surface area (Å²) in [6, 6.07) is 4.05. The highest BCUT2D eigenvalue weighted by atomic mass is 32.1. The summed E-state index contributed by atoms with van der Waals surface area (Å²) < 4.78 is 7.44. The maximum atomic E-state index is 6.04. The summed E-state index contributed by atoms with van der Waals surface area (Å²) >= 11 is 1.67. The molecule has 0 bridgehead atoms. The molecule has 2 aromatic heterocycles. The molecule has 0 aliphatic heterocycles. The first-order valence-corrected chi connectivity index (χ1v) is 6.45. The fourth-order valence-electron chi connectivity index (χ4n) is 1.68. The summed E-state index contributed by atoms with van der Waals surface area (Å²) in [6.07, 6.45) is 0. The molecule has 2 N–H and O–H groups in total. The Kier molecular flexibility index (Phi) is 3.38. The largest absolute Gasteiger partial charge is 0.471 e. The van der Waals surface area contributed by atoms with Crippen LogP contribution in [0.4, 0.5) is 5.69 Å². The number of hydrogen-bond donors (Lipinski definition) is 1. The van der Waals surface area contributed by atoms with Crippen molar-refractivity contribution >= 4 is 17.0 Å². The number of thiophene rings is 1. The molecule has 0 amide bonds. The van der Waals surface area contributed by atoms with E-state index < -0.39 is 0 Å². The zero-order valence-corrected chi connectivity index (χ0v) is 11.1. The maximum absolute atomic E-state index is 6.04. The quantitative estimate of drug-likeness (QED) is 0.909. The van der Waals surface area contributed by atoms with E-state index in [2.05, 4.69) is 18.9 Å². The number of nitrogen functional groups attached to an aromatic ring is 1. The van der Waals surface area contributed by atoms with Gasteiger partial charge in [0.15, 0.2) is 0 Å². The molecule has 0 saturated carbocycles. The standard InChI is InChI=1S/C12H17N3OS/c1-8(2)11-10(13)12(15(3)14-11)16-7-9-5-4-6-17-9/h4-6,8H,7,13H2,1-3H3. The minimum atomic E-state index is 0.306. The molecule has 5 heteroatoms. The fraction of sp³-hybridized carbons (Fsp3) is 0.417. The molecule has 2 rings (SSSR count). The summed E-state index contributed by atoms with van der Waals surface area (Å²) in [5, 5.41) is 6.41. The minimum Gasteiger partial charge on any atom is -0.471 e. The molecule has 17 heavy (non-hydrogen) atoms. The van der Waals surface area contributed by atoms with Crippen LogP contribution in [0.2, 0.25) is 0 Å². The van der Waals surface area contributed by atoms with Crippen molar-refractivity contribution in [2.75, 3.05) is 5.73 Å². The first-order chi connectivity index (χ1) is 8.09. The van der Waals surface area contributed by atoms with Gasteiger partial charge in [-0.2, -0.15) is 5.10 Å². The molecule has 0 unspecified atom stereocenters. The van der Waals surface area contributed by atoms with Gasteiger partial charge in [-0.1, -0.05) is 19.9 Å². The van der Waals surface area contributed by atoms with Crippen LogP contribution in [0.15, 0.2) is 17.5 Å². The Balaban J connectivity index is 2.15. The molecule has 0 aliphatic rings. The molecule has 0 spiro atoms. The van der Waals surface area contributed by atoms with E-state index in [0.717, 1.165) is 5.69 Å². The van der Waals surface area contributed by atoms with Crippen LogP contribution in [0, 0.1) is 0 Å². The first kappa shape index (κ1) is 12.0. The highest BCUT2D eigenvalue weighted by Crippen LogP contribution is 2.30. The molecule has 0 saturated heterocycles. The Morgan fingerprint density at radius 3 is 2.82 bits per heavy atom. The average molecular weight is 251 g/mol. The molecule has 0 aromatic carbocycles. The summed E-state index contributed by atoms with van der Waals surface area (Å²) in [5.41, 5.74) is 7.59. The Morgan fingerprint density at radius 1 is 1.53 bits per heavy atom. The monoisotopic (exact) mass is 251 g/mol. The summed E-state index contributed by atoms with van der Waals surface area (Å²) in [5.74, 6) is 0.961. The average Bonchev–Trinajstić information content (AvgIpc) is 2.86. The van der Waals surface area contributed by atoms with Crippen molar-refractivity contribution in [1.29, 1.82) is 0 Å². The van der Waals surface area contributed by atoms with Gasteiger partial charge in [0.2, 0.25) is 5.88 Å². The number of nitrogens with zero attached hydrogens (tertiary/aromatic N) is 2. The number of rotatable bonds is 4. The second-order valence-corrected chi connectivity index (χ2v) is 5.28. The topological polar surface area (TPSA) is 53.1 Å². The number of hydrogen-bond acceptors (Lipinski definition) is 4. The van der Waals surface area contributed by atoms with Crippen molar-refractivity contribution in [1.82, 2.24) is 9.78 Å². The zero-order chi connectivity index (χ0) is 12.4. The van der Waals surface area contributed by atoms with Crippen molar-refractivity contribution in [2.24, 2.45) is 7.05 Å². The van der Waals surface area contributed by atoms with Gasteiger partial charge in [-0.05, 0) is 17.4 Å². The van der Waals surface area contributed by atoms with Crippen LogP contribution in [-0.2, 0) is 13.7 Å². The third kappa shape index (κ3) is 2.44. The van der Waals surface area contributed by atoms with Gasteiger partial charge in [-0.3, -0.25) is 0 Å². The van der Waals surface area contributed by atoms with E-state index in [9.17, 15) is 0 Å². The van der Waals surface area contributed by atoms with Crippen LogP contribution >= 0.6 is 11.3 Å². The van der Waals surface area contributed by atoms with Gasteiger partial charge in [0, 0.05) is 11.9 Å². The van der Waals surface area contributed by atoms with E-state index in [0.29, 0.717) is 24.1 Å². The van der Waals surface area contributed by atoms with Gasteiger partial charge in [-0.15, -0.1) is 11.3 Å². The van der Waals surface area contributed by atoms with Crippen LogP contribution in [0.25, 0.3) is 0 Å². The zero-order valence-electron chi connectivity index (χ0n) is 10.3. The summed E-state index contributed by atoms with van der Waals surface area (Å²) in [7, 11) is 1.85. The second-order valence-electron chi connectivity index (χ2n) is 4.25. The lowest BCUT2D eigenvalue weighted by atomic mass is 10.1. The van der Waals surface area contributed by atoms with Crippen molar-refractivity contribution < 1.29 is 4.74 Å². The SMILES string of the molecule is CC(C)c1nn(C)c(OCc2cccs2)c1N. The van der Waals surface area contributed by atoms with Crippen LogP contribution in [0.1, 0.15) is 30.3 Å². The van der Waals surface area contributed by atoms with E-state index in [4.69, 9.17) is 10.5 Å². The van der Waals surface area contributed by atoms with E-state index in [-0.39, 0.29) is 0 Å². The van der Waals surface area contributed by atoms with E-state index in [1.165, 1.54) is 4.88 Å². The molecular weight excluding hydrogens is 234 g/mol. The van der Waals surface area contributed by atoms with Crippen molar-refractivity contribution in [3.63, 3.8) is 0 Å². The van der Waals surface area contributed by atoms with E-state index in [1.807, 2.05) is 24.6 Å². The lowest BCUT2D eigenvalue weighted by molar-refractivity contribution is 0.283. The summed E-state index contributed by atoms with van der Waals surface area (Å²) in [4.78, 5) is 1.18. The smallest absolute Gasteiger partial charge is 0.236 e. The fourth-order valence-corrected chi connectivity index (χ4v) is 2.29. The number of nitrogens with two attached hydrogens (primary N) is 1. The third-order valence-corrected chi connectivity index (χ3v) is 3.39. The Labute approximate surface area is 105 Å². The van der Waals surface area contributed by atoms with Gasteiger partial charge < -0.3 is 10.5 Å². The van der Waals surface area contributed by atoms with Crippen LogP contribution in [0.3, 0.4) is 0 Å². The molecule has 0 atom stereocenters. The molecule has 2 heterocycles. The highest BCUT2D eigenvalue weighted by Gasteiger charge is 2.17. The summed E-state index contributed by atoms with van der Waals surface area (Å²) in [6.45, 7) is 4.68. The molecule has 0 aliphatic carbocycles. The second kappa shape index (κ2) is 4.79. The van der Waals surface area contributed by atoms with E-state index in [1.54, 1.807) is 16.0 Å². The molecular formula is C12H17N3OS. The van der Waals surface area contributed by atoms with Gasteiger partial charge in [0.05, 0.1) is 5.69 Å². The Morgan fingerprint density at radius 2 is 2.29 bits per heavy atom. The predicted molar refractivity (Wildman–Crippen MR) is 70.4 cm³/mol. The number of anilines is 1. The Bertz CT molecular complexity index is 488. The first-order valence-electron chi connectivity index (χ1n) is 5.57. The molecule has 4 nitrogen and oxygen atoms in total. The third-order valence-electron chi connectivity index (χ3n) is 2.54. The molecule has 0 fully saturated rings. The Hall–Kier alpha value is -1.49. The van der Waals surface area contributed by atoms with Gasteiger partial charge in [-0.25, -0.2) is 4.68 Å². The van der Waals surface area contributed by atoms with Gasteiger partial charge in [0.1, 0.15) is 12.3 Å². The van der Waals surface area contributed by atoms with Crippen molar-refractivity contribution in [2.45, 2.75) is 26.4 Å². The van der Waals surface area contributed by atoms with Gasteiger partial charge in [0.25, 0.3) is 0 Å². The van der Waals surface area contributed by atoms with Crippen LogP contribution in [0.5, 0.6) is 5.88 Å². The van der Waals surface area contributed by atoms with Gasteiger partial charge >= 0.3 is 0 Å². The molecule has 0 radical (unpaired) electrons. The van der Waals surface area contributed by atoms with E-state index >= 15 is 0 Å². The van der Waals surface area contributed by atoms with Crippen LogP contribution < -0.4 is 10.5 Å². The number of aromatic nitrogens is 2. The number of aryl methyl sites for hydroxylation is 1. The molecule has 92 valence electrons. The van der Waals surface area contributed by atoms with Crippen molar-refractivity contribution in [3.05, 3.63) is 28.1 Å². The maximum Gasteiger partial charge on any atom is 0.236 e.